The van der Waals surface area contributed by atoms with Crippen LogP contribution in [0.5, 0.6) is 0 Å². The Bertz CT molecular complexity index is 963. The highest BCUT2D eigenvalue weighted by atomic mass is 32.1. The van der Waals surface area contributed by atoms with Crippen molar-refractivity contribution in [1.82, 2.24) is 19.1 Å². The van der Waals surface area contributed by atoms with Gasteiger partial charge >= 0.3 is 6.55 Å². The normalized spacial score (nSPS) is 11.0. The van der Waals surface area contributed by atoms with E-state index in [1.54, 1.807) is 19.1 Å². The second kappa shape index (κ2) is 6.93. The summed E-state index contributed by atoms with van der Waals surface area (Å²) >= 11 is 1.04. The molecule has 3 rings (SSSR count). The number of halogens is 2. The van der Waals surface area contributed by atoms with Gasteiger partial charge in [-0.3, -0.25) is 14.2 Å². The van der Waals surface area contributed by atoms with Crippen LogP contribution in [0.15, 0.2) is 41.6 Å². The molecule has 0 atom stereocenters. The van der Waals surface area contributed by atoms with Gasteiger partial charge in [-0.1, -0.05) is 17.4 Å². The van der Waals surface area contributed by atoms with E-state index in [0.717, 1.165) is 15.9 Å². The molecule has 0 fully saturated rings. The molecule has 3 aromatic rings. The second-order valence-electron chi connectivity index (χ2n) is 5.08. The van der Waals surface area contributed by atoms with Crippen LogP contribution in [0.2, 0.25) is 0 Å². The summed E-state index contributed by atoms with van der Waals surface area (Å²) < 4.78 is 27.9. The minimum atomic E-state index is -2.72. The molecule has 130 valence electrons. The zero-order chi connectivity index (χ0) is 18.0. The lowest BCUT2D eigenvalue weighted by Gasteiger charge is -2.05. The van der Waals surface area contributed by atoms with E-state index in [9.17, 15) is 18.4 Å². The van der Waals surface area contributed by atoms with Crippen molar-refractivity contribution in [3.8, 4) is 10.7 Å². The minimum Gasteiger partial charge on any atom is -0.306 e. The number of carbonyl (C=O) groups is 1. The molecule has 0 aliphatic rings. The van der Waals surface area contributed by atoms with Crippen LogP contribution in [-0.2, 0) is 11.3 Å². The Balaban J connectivity index is 1.79. The lowest BCUT2D eigenvalue weighted by atomic mass is 10.4. The lowest BCUT2D eigenvalue weighted by Crippen LogP contribution is -2.26. The number of aryl methyl sites for hydroxylation is 1. The molecule has 3 heterocycles. The Kier molecular flexibility index (Phi) is 4.70. The summed E-state index contributed by atoms with van der Waals surface area (Å²) in [7, 11) is 0. The van der Waals surface area contributed by atoms with Gasteiger partial charge < -0.3 is 9.88 Å². The molecule has 1 N–H and O–H groups in total. The van der Waals surface area contributed by atoms with Gasteiger partial charge in [0.05, 0.1) is 10.6 Å². The molecule has 0 aliphatic heterocycles. The SMILES string of the molecule is Cc1nc(NC(=O)Cn2ccccc2=O)sc1-c1nccn1C(F)F. The summed E-state index contributed by atoms with van der Waals surface area (Å²) in [5.74, 6) is -0.351. The summed E-state index contributed by atoms with van der Waals surface area (Å²) in [6.07, 6.45) is 3.96. The van der Waals surface area contributed by atoms with E-state index in [4.69, 9.17) is 0 Å². The van der Waals surface area contributed by atoms with Gasteiger partial charge in [-0.25, -0.2) is 9.97 Å². The average molecular weight is 365 g/mol. The van der Waals surface area contributed by atoms with Crippen LogP contribution >= 0.6 is 11.3 Å². The van der Waals surface area contributed by atoms with Crippen LogP contribution in [0.25, 0.3) is 10.7 Å². The number of imidazole rings is 1. The summed E-state index contributed by atoms with van der Waals surface area (Å²) in [6, 6.07) is 4.58. The molecule has 0 saturated heterocycles. The Morgan fingerprint density at radius 1 is 1.36 bits per heavy atom. The maximum Gasteiger partial charge on any atom is 0.320 e. The Hall–Kier alpha value is -2.88. The Morgan fingerprint density at radius 2 is 2.16 bits per heavy atom. The summed E-state index contributed by atoms with van der Waals surface area (Å²) in [5.41, 5.74) is 0.179. The second-order valence-corrected chi connectivity index (χ2v) is 6.08. The van der Waals surface area contributed by atoms with Crippen LogP contribution in [0.1, 0.15) is 12.2 Å². The zero-order valence-corrected chi connectivity index (χ0v) is 13.8. The van der Waals surface area contributed by atoms with Crippen molar-refractivity contribution in [2.75, 3.05) is 5.32 Å². The molecule has 0 bridgehead atoms. The Morgan fingerprint density at radius 3 is 2.88 bits per heavy atom. The van der Waals surface area contributed by atoms with Crippen LogP contribution < -0.4 is 10.9 Å². The number of pyridine rings is 1. The maximum atomic E-state index is 13.0. The highest BCUT2D eigenvalue weighted by Crippen LogP contribution is 2.33. The molecule has 25 heavy (non-hydrogen) atoms. The highest BCUT2D eigenvalue weighted by molar-refractivity contribution is 7.19. The van der Waals surface area contributed by atoms with Crippen LogP contribution in [0.4, 0.5) is 13.9 Å². The monoisotopic (exact) mass is 365 g/mol. The topological polar surface area (TPSA) is 81.8 Å². The van der Waals surface area contributed by atoms with E-state index in [0.29, 0.717) is 10.6 Å². The van der Waals surface area contributed by atoms with Gasteiger partial charge in [-0.15, -0.1) is 0 Å². The van der Waals surface area contributed by atoms with Gasteiger partial charge in [-0.05, 0) is 13.0 Å². The number of anilines is 1. The predicted molar refractivity (Wildman–Crippen MR) is 88.7 cm³/mol. The number of nitrogens with zero attached hydrogens (tertiary/aromatic N) is 4. The van der Waals surface area contributed by atoms with Crippen molar-refractivity contribution in [3.05, 3.63) is 52.8 Å². The molecule has 0 unspecified atom stereocenters. The third kappa shape index (κ3) is 3.63. The third-order valence-corrected chi connectivity index (χ3v) is 4.41. The lowest BCUT2D eigenvalue weighted by molar-refractivity contribution is -0.116. The fraction of sp³-hybridized carbons (Fsp3) is 0.200. The minimum absolute atomic E-state index is 0.0878. The molecule has 1 amide bonds. The van der Waals surface area contributed by atoms with Gasteiger partial charge in [0.2, 0.25) is 5.91 Å². The van der Waals surface area contributed by atoms with Crippen molar-refractivity contribution in [1.29, 1.82) is 0 Å². The third-order valence-electron chi connectivity index (χ3n) is 3.34. The van der Waals surface area contributed by atoms with Gasteiger partial charge in [0.25, 0.3) is 5.56 Å². The number of thiazole rings is 1. The fourth-order valence-corrected chi connectivity index (χ4v) is 3.19. The molecule has 0 spiro atoms. The van der Waals surface area contributed by atoms with E-state index in [1.807, 2.05) is 0 Å². The number of hydrogen-bond acceptors (Lipinski definition) is 5. The highest BCUT2D eigenvalue weighted by Gasteiger charge is 2.19. The first-order valence-electron chi connectivity index (χ1n) is 7.20. The molecule has 3 aromatic heterocycles. The molecular weight excluding hydrogens is 352 g/mol. The number of amides is 1. The number of alkyl halides is 2. The quantitative estimate of drug-likeness (QED) is 0.753. The number of rotatable bonds is 5. The van der Waals surface area contributed by atoms with Crippen molar-refractivity contribution < 1.29 is 13.6 Å². The molecule has 0 aromatic carbocycles. The number of hydrogen-bond donors (Lipinski definition) is 1. The van der Waals surface area contributed by atoms with E-state index in [1.165, 1.54) is 29.2 Å². The van der Waals surface area contributed by atoms with Gasteiger partial charge in [0.15, 0.2) is 11.0 Å². The van der Waals surface area contributed by atoms with Gasteiger partial charge in [-0.2, -0.15) is 8.78 Å². The number of nitrogens with one attached hydrogen (secondary N) is 1. The van der Waals surface area contributed by atoms with Crippen LogP contribution in [0.3, 0.4) is 0 Å². The first-order valence-corrected chi connectivity index (χ1v) is 8.01. The maximum absolute atomic E-state index is 13.0. The summed E-state index contributed by atoms with van der Waals surface area (Å²) in [6.45, 7) is -1.24. The smallest absolute Gasteiger partial charge is 0.306 e. The zero-order valence-electron chi connectivity index (χ0n) is 13.0. The molecule has 7 nitrogen and oxygen atoms in total. The predicted octanol–water partition coefficient (Wildman–Crippen LogP) is 2.51. The molecule has 0 radical (unpaired) electrons. The fourth-order valence-electron chi connectivity index (χ4n) is 2.21. The molecule has 0 aliphatic carbocycles. The van der Waals surface area contributed by atoms with Gasteiger partial charge in [0.1, 0.15) is 6.54 Å². The van der Waals surface area contributed by atoms with Crippen LogP contribution in [-0.4, -0.2) is 25.0 Å². The number of aromatic nitrogens is 4. The van der Waals surface area contributed by atoms with E-state index >= 15 is 0 Å². The molecular formula is C15H13F2N5O2S. The van der Waals surface area contributed by atoms with Crippen molar-refractivity contribution in [3.63, 3.8) is 0 Å². The van der Waals surface area contributed by atoms with E-state index < -0.39 is 12.5 Å². The van der Waals surface area contributed by atoms with E-state index in [2.05, 4.69) is 15.3 Å². The van der Waals surface area contributed by atoms with Crippen molar-refractivity contribution in [2.45, 2.75) is 20.0 Å². The van der Waals surface area contributed by atoms with E-state index in [-0.39, 0.29) is 23.1 Å². The number of carbonyl (C=O) groups excluding carboxylic acids is 1. The van der Waals surface area contributed by atoms with Crippen molar-refractivity contribution >= 4 is 22.4 Å². The first kappa shape index (κ1) is 17.0. The molecule has 0 saturated carbocycles. The molecule has 10 heteroatoms. The summed E-state index contributed by atoms with van der Waals surface area (Å²) in [4.78, 5) is 32.2. The van der Waals surface area contributed by atoms with Crippen molar-refractivity contribution in [2.24, 2.45) is 0 Å². The summed E-state index contributed by atoms with van der Waals surface area (Å²) in [5, 5.41) is 2.83. The van der Waals surface area contributed by atoms with Gasteiger partial charge in [0, 0.05) is 24.7 Å². The average Bonchev–Trinajstić information content (AvgIpc) is 3.16. The van der Waals surface area contributed by atoms with Crippen LogP contribution in [0, 0.1) is 6.92 Å². The Labute approximate surface area is 144 Å². The first-order chi connectivity index (χ1) is 12.0. The largest absolute Gasteiger partial charge is 0.320 e. The standard InChI is InChI=1S/C15H13F2N5O2S/c1-9-12(13-18-5-7-22(13)14(16)17)25-15(19-9)20-10(23)8-21-6-3-2-4-11(21)24/h2-7,14H,8H2,1H3,(H,19,20,23).